The molecule has 1 unspecified atom stereocenters. The fourth-order valence-electron chi connectivity index (χ4n) is 3.34. The van der Waals surface area contributed by atoms with Crippen molar-refractivity contribution in [3.8, 4) is 11.5 Å². The van der Waals surface area contributed by atoms with Crippen molar-refractivity contribution < 1.29 is 9.47 Å². The molecular formula is C23H35IN4O2. The van der Waals surface area contributed by atoms with Gasteiger partial charge in [0.1, 0.15) is 11.5 Å². The summed E-state index contributed by atoms with van der Waals surface area (Å²) in [7, 11) is 9.34. The average molecular weight is 526 g/mol. The van der Waals surface area contributed by atoms with Crippen molar-refractivity contribution in [1.29, 1.82) is 0 Å². The number of hydrogen-bond donors (Lipinski definition) is 2. The molecule has 1 atom stereocenters. The number of likely N-dealkylation sites (N-methyl/N-ethyl adjacent to an activating group) is 1. The van der Waals surface area contributed by atoms with Crippen molar-refractivity contribution in [1.82, 2.24) is 15.5 Å². The van der Waals surface area contributed by atoms with E-state index in [-0.39, 0.29) is 30.0 Å². The number of benzene rings is 2. The zero-order valence-corrected chi connectivity index (χ0v) is 21.2. The lowest BCUT2D eigenvalue weighted by Crippen LogP contribution is -2.42. The summed E-state index contributed by atoms with van der Waals surface area (Å²) < 4.78 is 11.0. The van der Waals surface area contributed by atoms with Crippen LogP contribution in [0.25, 0.3) is 0 Å². The van der Waals surface area contributed by atoms with Gasteiger partial charge < -0.3 is 25.0 Å². The van der Waals surface area contributed by atoms with E-state index in [1.807, 2.05) is 24.3 Å². The first-order valence-electron chi connectivity index (χ1n) is 9.87. The molecular weight excluding hydrogens is 491 g/mol. The van der Waals surface area contributed by atoms with Gasteiger partial charge in [0, 0.05) is 25.7 Å². The van der Waals surface area contributed by atoms with Crippen molar-refractivity contribution in [2.45, 2.75) is 19.4 Å². The molecule has 0 heterocycles. The quantitative estimate of drug-likeness (QED) is 0.297. The summed E-state index contributed by atoms with van der Waals surface area (Å²) in [6, 6.07) is 14.5. The molecule has 7 heteroatoms. The maximum Gasteiger partial charge on any atom is 0.191 e. The van der Waals surface area contributed by atoms with Crippen LogP contribution in [-0.2, 0) is 6.42 Å². The number of nitrogens with zero attached hydrogens (tertiary/aromatic N) is 2. The van der Waals surface area contributed by atoms with Crippen LogP contribution >= 0.6 is 24.0 Å². The SMILES string of the molecule is CN=C(NCCc1cc(C)ccc1OC)NCC(c1ccccc1OC)N(C)C.I. The molecule has 2 N–H and O–H groups in total. The maximum absolute atomic E-state index is 5.54. The van der Waals surface area contributed by atoms with Crippen molar-refractivity contribution in [2.24, 2.45) is 4.99 Å². The van der Waals surface area contributed by atoms with E-state index in [2.05, 4.69) is 59.7 Å². The predicted molar refractivity (Wildman–Crippen MR) is 136 cm³/mol. The molecule has 2 aromatic rings. The Kier molecular flexibility index (Phi) is 11.6. The second kappa shape index (κ2) is 13.3. The minimum absolute atomic E-state index is 0. The molecule has 0 saturated heterocycles. The molecule has 0 fully saturated rings. The van der Waals surface area contributed by atoms with Crippen LogP contribution in [0, 0.1) is 6.92 Å². The van der Waals surface area contributed by atoms with E-state index in [0.29, 0.717) is 6.54 Å². The molecule has 166 valence electrons. The van der Waals surface area contributed by atoms with E-state index in [0.717, 1.165) is 36.0 Å². The third-order valence-corrected chi connectivity index (χ3v) is 4.93. The molecule has 0 spiro atoms. The second-order valence-corrected chi connectivity index (χ2v) is 7.17. The number of guanidine groups is 1. The first-order valence-corrected chi connectivity index (χ1v) is 9.87. The summed E-state index contributed by atoms with van der Waals surface area (Å²) >= 11 is 0. The Morgan fingerprint density at radius 1 is 1.03 bits per heavy atom. The smallest absolute Gasteiger partial charge is 0.191 e. The number of aryl methyl sites for hydroxylation is 1. The van der Waals surface area contributed by atoms with Gasteiger partial charge in [0.15, 0.2) is 5.96 Å². The van der Waals surface area contributed by atoms with Gasteiger partial charge in [-0.3, -0.25) is 4.99 Å². The van der Waals surface area contributed by atoms with Gasteiger partial charge in [0.05, 0.1) is 20.3 Å². The molecule has 0 aliphatic carbocycles. The molecule has 0 aromatic heterocycles. The molecule has 2 aromatic carbocycles. The summed E-state index contributed by atoms with van der Waals surface area (Å²) in [5, 5.41) is 6.83. The third kappa shape index (κ3) is 7.36. The molecule has 30 heavy (non-hydrogen) atoms. The first-order chi connectivity index (χ1) is 14.0. The predicted octanol–water partition coefficient (Wildman–Crippen LogP) is 3.64. The van der Waals surface area contributed by atoms with E-state index >= 15 is 0 Å². The lowest BCUT2D eigenvalue weighted by Gasteiger charge is -2.27. The van der Waals surface area contributed by atoms with Crippen molar-refractivity contribution in [3.05, 3.63) is 59.2 Å². The Bertz CT molecular complexity index is 812. The Morgan fingerprint density at radius 3 is 2.37 bits per heavy atom. The molecule has 0 radical (unpaired) electrons. The van der Waals surface area contributed by atoms with Gasteiger partial charge in [0.25, 0.3) is 0 Å². The van der Waals surface area contributed by atoms with Crippen LogP contribution in [0.1, 0.15) is 22.7 Å². The van der Waals surface area contributed by atoms with E-state index < -0.39 is 0 Å². The van der Waals surface area contributed by atoms with Gasteiger partial charge in [0.2, 0.25) is 0 Å². The number of rotatable bonds is 9. The number of halogens is 1. The molecule has 6 nitrogen and oxygen atoms in total. The zero-order valence-electron chi connectivity index (χ0n) is 18.9. The third-order valence-electron chi connectivity index (χ3n) is 4.93. The number of nitrogens with one attached hydrogen (secondary N) is 2. The highest BCUT2D eigenvalue weighted by atomic mass is 127. The maximum atomic E-state index is 5.54. The number of methoxy groups -OCH3 is 2. The number of hydrogen-bond acceptors (Lipinski definition) is 4. The lowest BCUT2D eigenvalue weighted by atomic mass is 10.0. The van der Waals surface area contributed by atoms with Crippen molar-refractivity contribution in [3.63, 3.8) is 0 Å². The van der Waals surface area contributed by atoms with Crippen LogP contribution in [-0.4, -0.2) is 59.3 Å². The molecule has 0 bridgehead atoms. The van der Waals surface area contributed by atoms with Crippen LogP contribution in [0.2, 0.25) is 0 Å². The Labute approximate surface area is 198 Å². The monoisotopic (exact) mass is 526 g/mol. The Balaban J connectivity index is 0.00000450. The summed E-state index contributed by atoms with van der Waals surface area (Å²) in [4.78, 5) is 6.54. The fourth-order valence-corrected chi connectivity index (χ4v) is 3.34. The highest BCUT2D eigenvalue weighted by molar-refractivity contribution is 14.0. The van der Waals surface area contributed by atoms with Crippen LogP contribution in [0.4, 0.5) is 0 Å². The van der Waals surface area contributed by atoms with E-state index in [1.54, 1.807) is 21.3 Å². The van der Waals surface area contributed by atoms with Crippen molar-refractivity contribution in [2.75, 3.05) is 48.5 Å². The highest BCUT2D eigenvalue weighted by Crippen LogP contribution is 2.27. The summed E-state index contributed by atoms with van der Waals surface area (Å²) in [5.41, 5.74) is 3.57. The lowest BCUT2D eigenvalue weighted by molar-refractivity contribution is 0.288. The molecule has 0 saturated carbocycles. The van der Waals surface area contributed by atoms with Crippen LogP contribution in [0.3, 0.4) is 0 Å². The van der Waals surface area contributed by atoms with Crippen LogP contribution in [0.15, 0.2) is 47.5 Å². The summed E-state index contributed by atoms with van der Waals surface area (Å²) in [5.74, 6) is 2.59. The van der Waals surface area contributed by atoms with Crippen LogP contribution in [0.5, 0.6) is 11.5 Å². The van der Waals surface area contributed by atoms with Gasteiger partial charge in [-0.1, -0.05) is 35.9 Å². The van der Waals surface area contributed by atoms with Gasteiger partial charge in [-0.25, -0.2) is 0 Å². The summed E-state index contributed by atoms with van der Waals surface area (Å²) in [6.45, 7) is 3.57. The highest BCUT2D eigenvalue weighted by Gasteiger charge is 2.18. The number of ether oxygens (including phenoxy) is 2. The standard InChI is InChI=1S/C23H34N4O2.HI/c1-17-11-12-21(28-5)18(15-17)13-14-25-23(24-2)26-16-20(27(3)4)19-9-7-8-10-22(19)29-6;/h7-12,15,20H,13-14,16H2,1-6H3,(H2,24,25,26);1H. The molecule has 0 aliphatic rings. The van der Waals surface area contributed by atoms with E-state index in [1.165, 1.54) is 11.1 Å². The average Bonchev–Trinajstić information content (AvgIpc) is 2.72. The zero-order chi connectivity index (χ0) is 21.2. The normalized spacial score (nSPS) is 12.2. The van der Waals surface area contributed by atoms with Crippen molar-refractivity contribution >= 4 is 29.9 Å². The molecule has 0 aliphatic heterocycles. The van der Waals surface area contributed by atoms with E-state index in [4.69, 9.17) is 9.47 Å². The molecule has 2 rings (SSSR count). The van der Waals surface area contributed by atoms with E-state index in [9.17, 15) is 0 Å². The van der Waals surface area contributed by atoms with Gasteiger partial charge in [-0.2, -0.15) is 0 Å². The Hall–Kier alpha value is -2.00. The topological polar surface area (TPSA) is 58.1 Å². The fraction of sp³-hybridized carbons (Fsp3) is 0.435. The Morgan fingerprint density at radius 2 is 1.73 bits per heavy atom. The number of aliphatic imine (C=N–C) groups is 1. The minimum atomic E-state index is 0. The minimum Gasteiger partial charge on any atom is -0.496 e. The largest absolute Gasteiger partial charge is 0.496 e. The second-order valence-electron chi connectivity index (χ2n) is 7.17. The first kappa shape index (κ1) is 26.0. The van der Waals surface area contributed by atoms with Gasteiger partial charge in [-0.15, -0.1) is 24.0 Å². The summed E-state index contributed by atoms with van der Waals surface area (Å²) in [6.07, 6.45) is 0.856. The molecule has 0 amide bonds. The van der Waals surface area contributed by atoms with Gasteiger partial charge >= 0.3 is 0 Å². The van der Waals surface area contributed by atoms with Gasteiger partial charge in [-0.05, 0) is 45.1 Å². The number of para-hydroxylation sites is 1. The van der Waals surface area contributed by atoms with Crippen LogP contribution < -0.4 is 20.1 Å².